The Kier molecular flexibility index (Phi) is 6.31. The van der Waals surface area contributed by atoms with Crippen molar-refractivity contribution in [2.24, 2.45) is 10.7 Å². The van der Waals surface area contributed by atoms with Gasteiger partial charge in [-0.25, -0.2) is 9.98 Å². The molecular formula is C19H21IN4OS. The Morgan fingerprint density at radius 3 is 2.96 bits per heavy atom. The zero-order chi connectivity index (χ0) is 17.1. The maximum Gasteiger partial charge on any atom is 0.236 e. The fourth-order valence-electron chi connectivity index (χ4n) is 3.14. The number of thiophene rings is 1. The Labute approximate surface area is 173 Å². The van der Waals surface area contributed by atoms with Gasteiger partial charge in [-0.15, -0.1) is 35.3 Å². The van der Waals surface area contributed by atoms with Crippen molar-refractivity contribution >= 4 is 47.0 Å². The first-order valence-corrected chi connectivity index (χ1v) is 9.33. The van der Waals surface area contributed by atoms with Crippen LogP contribution in [0, 0.1) is 0 Å². The van der Waals surface area contributed by atoms with Crippen LogP contribution >= 0.6 is 35.3 Å². The summed E-state index contributed by atoms with van der Waals surface area (Å²) in [5.41, 5.74) is 10.7. The number of aromatic nitrogens is 1. The number of nitrogens with one attached hydrogen (secondary N) is 1. The number of guanidine groups is 1. The van der Waals surface area contributed by atoms with Crippen molar-refractivity contribution in [3.63, 3.8) is 0 Å². The normalized spacial score (nSPS) is 13.8. The van der Waals surface area contributed by atoms with Crippen molar-refractivity contribution in [2.75, 3.05) is 5.32 Å². The Morgan fingerprint density at radius 2 is 2.12 bits per heavy atom. The second kappa shape index (κ2) is 8.68. The quantitative estimate of drug-likeness (QED) is 0.319. The SMILES string of the molecule is I.NC(=NCc1coc(-c2cccs2)n1)Nc1cccc2c1CCCC2. The van der Waals surface area contributed by atoms with Crippen molar-refractivity contribution in [1.29, 1.82) is 0 Å². The molecule has 1 aromatic carbocycles. The fraction of sp³-hybridized carbons (Fsp3) is 0.263. The van der Waals surface area contributed by atoms with Gasteiger partial charge in [0.2, 0.25) is 5.89 Å². The molecule has 0 saturated carbocycles. The highest BCUT2D eigenvalue weighted by Crippen LogP contribution is 2.28. The molecule has 0 aliphatic heterocycles. The topological polar surface area (TPSA) is 76.4 Å². The first-order valence-electron chi connectivity index (χ1n) is 8.45. The monoisotopic (exact) mass is 480 g/mol. The summed E-state index contributed by atoms with van der Waals surface area (Å²) in [6.45, 7) is 0.392. The van der Waals surface area contributed by atoms with Crippen molar-refractivity contribution in [1.82, 2.24) is 4.98 Å². The van der Waals surface area contributed by atoms with Gasteiger partial charge in [-0.2, -0.15) is 0 Å². The lowest BCUT2D eigenvalue weighted by Gasteiger charge is -2.19. The summed E-state index contributed by atoms with van der Waals surface area (Å²) < 4.78 is 5.50. The average Bonchev–Trinajstić information content (AvgIpc) is 3.32. The molecule has 5 nitrogen and oxygen atoms in total. The lowest BCUT2D eigenvalue weighted by Crippen LogP contribution is -2.24. The second-order valence-corrected chi connectivity index (χ2v) is 7.05. The van der Waals surface area contributed by atoms with Gasteiger partial charge in [0.1, 0.15) is 12.0 Å². The lowest BCUT2D eigenvalue weighted by atomic mass is 9.90. The standard InChI is InChI=1S/C19H20N4OS.HI/c20-19(23-16-8-3-6-13-5-1-2-7-15(13)16)21-11-14-12-24-18(22-14)17-9-4-10-25-17;/h3-4,6,8-10,12H,1-2,5,7,11H2,(H3,20,21,23);1H. The molecule has 0 radical (unpaired) electrons. The summed E-state index contributed by atoms with van der Waals surface area (Å²) in [5, 5.41) is 5.25. The number of fused-ring (bicyclic) bond motifs is 1. The van der Waals surface area contributed by atoms with Crippen LogP contribution in [0.15, 0.2) is 51.4 Å². The van der Waals surface area contributed by atoms with Gasteiger partial charge in [-0.05, 0) is 54.3 Å². The molecule has 0 amide bonds. The number of rotatable bonds is 4. The van der Waals surface area contributed by atoms with Gasteiger partial charge >= 0.3 is 0 Å². The van der Waals surface area contributed by atoms with Crippen LogP contribution in [0.5, 0.6) is 0 Å². The predicted octanol–water partition coefficient (Wildman–Crippen LogP) is 4.83. The second-order valence-electron chi connectivity index (χ2n) is 6.10. The number of aliphatic imine (C=N–C) groups is 1. The lowest BCUT2D eigenvalue weighted by molar-refractivity contribution is 0.574. The van der Waals surface area contributed by atoms with E-state index in [1.54, 1.807) is 17.6 Å². The van der Waals surface area contributed by atoms with Crippen LogP contribution in [-0.2, 0) is 19.4 Å². The van der Waals surface area contributed by atoms with Crippen LogP contribution < -0.4 is 11.1 Å². The van der Waals surface area contributed by atoms with Gasteiger partial charge in [0.15, 0.2) is 5.96 Å². The largest absolute Gasteiger partial charge is 0.443 e. The van der Waals surface area contributed by atoms with Crippen molar-refractivity contribution in [3.05, 3.63) is 58.8 Å². The molecule has 7 heteroatoms. The zero-order valence-corrected chi connectivity index (χ0v) is 17.4. The molecule has 4 rings (SSSR count). The molecule has 0 fully saturated rings. The van der Waals surface area contributed by atoms with E-state index in [4.69, 9.17) is 10.2 Å². The number of oxazole rings is 1. The molecule has 0 bridgehead atoms. The van der Waals surface area contributed by atoms with Crippen molar-refractivity contribution < 1.29 is 4.42 Å². The summed E-state index contributed by atoms with van der Waals surface area (Å²) in [6.07, 6.45) is 6.37. The van der Waals surface area contributed by atoms with Crippen LogP contribution in [0.25, 0.3) is 10.8 Å². The van der Waals surface area contributed by atoms with E-state index in [-0.39, 0.29) is 24.0 Å². The van der Waals surface area contributed by atoms with Crippen LogP contribution in [0.3, 0.4) is 0 Å². The van der Waals surface area contributed by atoms with Gasteiger partial charge in [0, 0.05) is 5.69 Å². The molecule has 26 heavy (non-hydrogen) atoms. The van der Waals surface area contributed by atoms with E-state index in [1.807, 2.05) is 17.5 Å². The fourth-order valence-corrected chi connectivity index (χ4v) is 3.79. The number of nitrogens with two attached hydrogens (primary N) is 1. The predicted molar refractivity (Wildman–Crippen MR) is 117 cm³/mol. The van der Waals surface area contributed by atoms with Crippen LogP contribution in [0.4, 0.5) is 5.69 Å². The molecule has 3 aromatic rings. The van der Waals surface area contributed by atoms with E-state index in [0.717, 1.165) is 29.1 Å². The Morgan fingerprint density at radius 1 is 1.23 bits per heavy atom. The number of halogens is 1. The highest BCUT2D eigenvalue weighted by atomic mass is 127. The molecule has 0 spiro atoms. The van der Waals surface area contributed by atoms with Gasteiger partial charge in [0.25, 0.3) is 0 Å². The third-order valence-corrected chi connectivity index (χ3v) is 5.21. The van der Waals surface area contributed by atoms with Crippen LogP contribution in [0.2, 0.25) is 0 Å². The molecule has 2 aromatic heterocycles. The molecule has 1 aliphatic carbocycles. The highest BCUT2D eigenvalue weighted by Gasteiger charge is 2.13. The maximum atomic E-state index is 6.07. The van der Waals surface area contributed by atoms with E-state index in [9.17, 15) is 0 Å². The minimum Gasteiger partial charge on any atom is -0.443 e. The van der Waals surface area contributed by atoms with Crippen LogP contribution in [-0.4, -0.2) is 10.9 Å². The summed E-state index contributed by atoms with van der Waals surface area (Å²) in [6, 6.07) is 10.3. The van der Waals surface area contributed by atoms with E-state index >= 15 is 0 Å². The number of anilines is 1. The molecule has 2 heterocycles. The Balaban J connectivity index is 0.00000196. The Hall–Kier alpha value is -1.87. The van der Waals surface area contributed by atoms with E-state index in [1.165, 1.54) is 24.0 Å². The van der Waals surface area contributed by atoms with E-state index < -0.39 is 0 Å². The number of aryl methyl sites for hydroxylation is 1. The van der Waals surface area contributed by atoms with E-state index in [0.29, 0.717) is 18.4 Å². The number of hydrogen-bond acceptors (Lipinski definition) is 4. The van der Waals surface area contributed by atoms with Crippen molar-refractivity contribution in [3.8, 4) is 10.8 Å². The smallest absolute Gasteiger partial charge is 0.236 e. The molecule has 1 aliphatic rings. The average molecular weight is 480 g/mol. The summed E-state index contributed by atoms with van der Waals surface area (Å²) in [5.74, 6) is 1.03. The molecule has 0 unspecified atom stereocenters. The molecule has 136 valence electrons. The highest BCUT2D eigenvalue weighted by molar-refractivity contribution is 14.0. The number of nitrogens with zero attached hydrogens (tertiary/aromatic N) is 2. The van der Waals surface area contributed by atoms with Gasteiger partial charge in [-0.3, -0.25) is 0 Å². The van der Waals surface area contributed by atoms with Crippen molar-refractivity contribution in [2.45, 2.75) is 32.2 Å². The first-order chi connectivity index (χ1) is 12.3. The molecule has 3 N–H and O–H groups in total. The number of hydrogen-bond donors (Lipinski definition) is 2. The van der Waals surface area contributed by atoms with E-state index in [2.05, 4.69) is 33.5 Å². The van der Waals surface area contributed by atoms with Crippen LogP contribution in [0.1, 0.15) is 29.7 Å². The molecule has 0 saturated heterocycles. The van der Waals surface area contributed by atoms with Gasteiger partial charge in [-0.1, -0.05) is 18.2 Å². The minimum atomic E-state index is 0. The van der Waals surface area contributed by atoms with Gasteiger partial charge < -0.3 is 15.5 Å². The third-order valence-electron chi connectivity index (χ3n) is 4.35. The number of benzene rings is 1. The first kappa shape index (κ1) is 18.9. The summed E-state index contributed by atoms with van der Waals surface area (Å²) >= 11 is 1.60. The third kappa shape index (κ3) is 4.27. The summed E-state index contributed by atoms with van der Waals surface area (Å²) in [7, 11) is 0. The van der Waals surface area contributed by atoms with Gasteiger partial charge in [0.05, 0.1) is 11.4 Å². The molecular weight excluding hydrogens is 459 g/mol. The Bertz CT molecular complexity index is 889. The minimum absolute atomic E-state index is 0. The molecule has 0 atom stereocenters. The zero-order valence-electron chi connectivity index (χ0n) is 14.3. The summed E-state index contributed by atoms with van der Waals surface area (Å²) in [4.78, 5) is 9.86. The maximum absolute atomic E-state index is 6.07.